The molecular formula is C45H76O9SSi2. The predicted octanol–water partition coefficient (Wildman–Crippen LogP) is 9.87. The van der Waals surface area contributed by atoms with Crippen LogP contribution in [0, 0.1) is 11.8 Å². The van der Waals surface area contributed by atoms with Crippen LogP contribution in [-0.2, 0) is 42.4 Å². The monoisotopic (exact) mass is 848 g/mol. The van der Waals surface area contributed by atoms with Crippen LogP contribution in [0.15, 0.2) is 59.5 Å². The van der Waals surface area contributed by atoms with Gasteiger partial charge in [0.25, 0.3) is 0 Å². The van der Waals surface area contributed by atoms with E-state index < -0.39 is 50.7 Å². The smallest absolute Gasteiger partial charge is 0.192 e. The number of hydrogen-bond donors (Lipinski definition) is 0. The van der Waals surface area contributed by atoms with Crippen LogP contribution in [0.2, 0.25) is 36.3 Å². The number of aldehydes is 1. The molecule has 3 fully saturated rings. The number of carbonyl (C=O) groups is 1. The van der Waals surface area contributed by atoms with Crippen LogP contribution in [0.1, 0.15) is 99.8 Å². The van der Waals surface area contributed by atoms with Crippen molar-refractivity contribution < 1.29 is 41.0 Å². The number of hydrogen-bond acceptors (Lipinski definition) is 9. The summed E-state index contributed by atoms with van der Waals surface area (Å²) in [5.74, 6) is -0.348. The summed E-state index contributed by atoms with van der Waals surface area (Å²) in [7, 11) is -6.37. The van der Waals surface area contributed by atoms with Crippen molar-refractivity contribution in [3.8, 4) is 0 Å². The molecule has 0 saturated carbocycles. The molecule has 0 bridgehead atoms. The lowest BCUT2D eigenvalue weighted by atomic mass is 9.83. The first-order valence-electron chi connectivity index (χ1n) is 21.3. The van der Waals surface area contributed by atoms with E-state index in [0.29, 0.717) is 30.8 Å². The molecule has 0 N–H and O–H groups in total. The van der Waals surface area contributed by atoms with Gasteiger partial charge in [0.15, 0.2) is 26.5 Å². The normalized spacial score (nSPS) is 29.9. The van der Waals surface area contributed by atoms with E-state index in [1.807, 2.05) is 6.07 Å². The van der Waals surface area contributed by atoms with Crippen molar-refractivity contribution in [3.05, 3.63) is 54.6 Å². The maximum atomic E-state index is 14.1. The van der Waals surface area contributed by atoms with Crippen LogP contribution in [0.25, 0.3) is 0 Å². The van der Waals surface area contributed by atoms with Crippen LogP contribution >= 0.6 is 0 Å². The minimum absolute atomic E-state index is 0.0160. The molecule has 0 aliphatic carbocycles. The van der Waals surface area contributed by atoms with Crippen molar-refractivity contribution in [1.82, 2.24) is 0 Å². The summed E-state index contributed by atoms with van der Waals surface area (Å²) in [6.45, 7) is 33.9. The Kier molecular flexibility index (Phi) is 16.5. The quantitative estimate of drug-likeness (QED) is 0.0764. The fraction of sp³-hybridized carbons (Fsp3) is 0.756. The summed E-state index contributed by atoms with van der Waals surface area (Å²) in [6.07, 6.45) is 4.44. The fourth-order valence-electron chi connectivity index (χ4n) is 8.01. The molecule has 9 nitrogen and oxygen atoms in total. The molecule has 0 radical (unpaired) electrons. The molecule has 7 unspecified atom stereocenters. The van der Waals surface area contributed by atoms with E-state index in [2.05, 4.69) is 87.8 Å². The number of carbonyl (C=O) groups excluding carboxylic acids is 1. The Balaban J connectivity index is 1.60. The Bertz CT molecular complexity index is 1600. The van der Waals surface area contributed by atoms with Crippen molar-refractivity contribution in [1.29, 1.82) is 0 Å². The third-order valence-electron chi connectivity index (χ3n) is 13.7. The van der Waals surface area contributed by atoms with Crippen molar-refractivity contribution in [3.63, 3.8) is 0 Å². The van der Waals surface area contributed by atoms with E-state index in [9.17, 15) is 13.2 Å². The Morgan fingerprint density at radius 3 is 2.11 bits per heavy atom. The number of sulfone groups is 1. The van der Waals surface area contributed by atoms with Crippen molar-refractivity contribution in [2.75, 3.05) is 19.5 Å². The molecule has 1 aromatic carbocycles. The van der Waals surface area contributed by atoms with E-state index in [-0.39, 0.29) is 52.3 Å². The van der Waals surface area contributed by atoms with Crippen LogP contribution in [0.4, 0.5) is 0 Å². The maximum absolute atomic E-state index is 14.1. The van der Waals surface area contributed by atoms with Gasteiger partial charge in [-0.05, 0) is 97.6 Å². The zero-order chi connectivity index (χ0) is 42.6. The Morgan fingerprint density at radius 1 is 0.877 bits per heavy atom. The minimum Gasteiger partial charge on any atom is -0.414 e. The summed E-state index contributed by atoms with van der Waals surface area (Å²) in [5, 5.41) is 0.0137. The molecule has 3 heterocycles. The SMILES string of the molecule is C=C1CC(CCC=O)OC1CCC1C[C@@H](C)C(=C)C(CC2OC(C[C@@H](CO[Si](C)(C)C(C)(C)C)O[Si](C)(C)C(C)(C)C)[C@H](OC)C2CS(=O)(=O)c2ccccc2)O1. The second-order valence-electron chi connectivity index (χ2n) is 20.1. The van der Waals surface area contributed by atoms with Gasteiger partial charge in [0, 0.05) is 32.3 Å². The third-order valence-corrected chi connectivity index (χ3v) is 24.6. The maximum Gasteiger partial charge on any atom is 0.192 e. The zero-order valence-corrected chi connectivity index (χ0v) is 40.1. The molecule has 1 aromatic rings. The topological polar surface area (TPSA) is 107 Å². The molecule has 12 heteroatoms. The average molecular weight is 849 g/mol. The highest BCUT2D eigenvalue weighted by Gasteiger charge is 2.50. The van der Waals surface area contributed by atoms with Gasteiger partial charge < -0.3 is 32.6 Å². The van der Waals surface area contributed by atoms with Crippen LogP contribution in [0.3, 0.4) is 0 Å². The van der Waals surface area contributed by atoms with Gasteiger partial charge in [0.2, 0.25) is 0 Å². The lowest BCUT2D eigenvalue weighted by Crippen LogP contribution is -2.49. The van der Waals surface area contributed by atoms with Gasteiger partial charge in [-0.15, -0.1) is 0 Å². The van der Waals surface area contributed by atoms with Crippen LogP contribution in [0.5, 0.6) is 0 Å². The zero-order valence-electron chi connectivity index (χ0n) is 37.3. The van der Waals surface area contributed by atoms with E-state index in [4.69, 9.17) is 27.8 Å². The predicted molar refractivity (Wildman–Crippen MR) is 234 cm³/mol. The van der Waals surface area contributed by atoms with Gasteiger partial charge >= 0.3 is 0 Å². The number of rotatable bonds is 19. The van der Waals surface area contributed by atoms with Crippen LogP contribution < -0.4 is 0 Å². The molecule has 3 aliphatic rings. The highest BCUT2D eigenvalue weighted by molar-refractivity contribution is 7.91. The largest absolute Gasteiger partial charge is 0.414 e. The van der Waals surface area contributed by atoms with Crippen molar-refractivity contribution in [2.24, 2.45) is 11.8 Å². The first-order chi connectivity index (χ1) is 26.4. The van der Waals surface area contributed by atoms with Gasteiger partial charge in [-0.1, -0.05) is 79.8 Å². The van der Waals surface area contributed by atoms with Crippen molar-refractivity contribution >= 4 is 32.8 Å². The second kappa shape index (κ2) is 19.5. The first kappa shape index (κ1) is 48.2. The molecule has 3 aliphatic heterocycles. The van der Waals surface area contributed by atoms with Gasteiger partial charge in [-0.2, -0.15) is 0 Å². The number of benzene rings is 1. The van der Waals surface area contributed by atoms with Gasteiger partial charge in [-0.25, -0.2) is 8.42 Å². The molecular weight excluding hydrogens is 773 g/mol. The number of ether oxygens (including phenoxy) is 4. The van der Waals surface area contributed by atoms with E-state index in [1.54, 1.807) is 31.4 Å². The van der Waals surface area contributed by atoms with Crippen molar-refractivity contribution in [2.45, 2.75) is 190 Å². The minimum atomic E-state index is -3.68. The molecule has 4 rings (SSSR count). The summed E-state index contributed by atoms with van der Waals surface area (Å²) in [6, 6.07) is 8.66. The highest BCUT2D eigenvalue weighted by Crippen LogP contribution is 2.44. The average Bonchev–Trinajstić information content (AvgIpc) is 3.63. The number of methoxy groups -OCH3 is 1. The summed E-state index contributed by atoms with van der Waals surface area (Å²) in [4.78, 5) is 11.2. The highest BCUT2D eigenvalue weighted by atomic mass is 32.2. The second-order valence-corrected chi connectivity index (χ2v) is 31.7. The molecule has 3 saturated heterocycles. The fourth-order valence-corrected chi connectivity index (χ4v) is 12.1. The van der Waals surface area contributed by atoms with E-state index >= 15 is 0 Å². The Morgan fingerprint density at radius 2 is 1.51 bits per heavy atom. The van der Waals surface area contributed by atoms with Gasteiger partial charge in [-0.3, -0.25) is 0 Å². The summed E-state index contributed by atoms with van der Waals surface area (Å²) >= 11 is 0. The first-order valence-corrected chi connectivity index (χ1v) is 28.7. The molecule has 0 aromatic heterocycles. The summed E-state index contributed by atoms with van der Waals surface area (Å²) in [5.41, 5.74) is 2.09. The van der Waals surface area contributed by atoms with Gasteiger partial charge in [0.1, 0.15) is 6.29 Å². The standard InChI is InChI=1S/C45H76O9SSi2/c1-31-25-35(22-23-39-32(2)26-34(51-39)19-18-24-46)52-40(33(31)3)28-41-38(30-55(47,48)37-20-16-15-17-21-37)43(49-10)42(53-41)27-36(54-57(13,14)45(7,8)9)29-50-56(11,12)44(4,5)6/h15-17,20-21,24,31,34-36,38-43H,2-3,18-19,22-23,25-30H2,1,4-14H3/t31-,34?,35?,36+,38?,39?,40?,41?,42?,43-/m1/s1. The van der Waals surface area contributed by atoms with Gasteiger partial charge in [0.05, 0.1) is 66.1 Å². The molecule has 324 valence electrons. The molecule has 0 amide bonds. The van der Waals surface area contributed by atoms with Crippen LogP contribution in [-0.4, -0.2) is 99.6 Å². The third kappa shape index (κ3) is 12.5. The molecule has 57 heavy (non-hydrogen) atoms. The van der Waals surface area contributed by atoms with E-state index in [0.717, 1.165) is 49.5 Å². The Labute approximate surface area is 348 Å². The lowest BCUT2D eigenvalue weighted by Gasteiger charge is -2.42. The summed E-state index contributed by atoms with van der Waals surface area (Å²) < 4.78 is 68.5. The van der Waals surface area contributed by atoms with E-state index in [1.165, 1.54) is 0 Å². The Hall–Kier alpha value is -1.49. The molecule has 10 atom stereocenters. The lowest BCUT2D eigenvalue weighted by molar-refractivity contribution is -0.108. The molecule has 0 spiro atoms.